The Labute approximate surface area is 189 Å². The van der Waals surface area contributed by atoms with Gasteiger partial charge in [-0.3, -0.25) is 9.59 Å². The molecule has 1 fully saturated rings. The summed E-state index contributed by atoms with van der Waals surface area (Å²) in [5.41, 5.74) is 8.79. The fraction of sp³-hybridized carbons (Fsp3) is 0.333. The number of nitrogens with one attached hydrogen (secondary N) is 3. The molecule has 3 aliphatic rings. The molecule has 33 heavy (non-hydrogen) atoms. The van der Waals surface area contributed by atoms with Crippen LogP contribution in [0.5, 0.6) is 0 Å². The molecular weight excluding hydrogens is 420 g/mol. The topological polar surface area (TPSA) is 135 Å². The van der Waals surface area contributed by atoms with Gasteiger partial charge in [-0.05, 0) is 49.8 Å². The second-order valence-corrected chi connectivity index (χ2v) is 9.54. The van der Waals surface area contributed by atoms with Gasteiger partial charge in [-0.25, -0.2) is 4.98 Å². The summed E-state index contributed by atoms with van der Waals surface area (Å²) in [5.74, 6) is 0.635. The minimum atomic E-state index is -0.566. The molecule has 168 valence electrons. The van der Waals surface area contributed by atoms with Gasteiger partial charge in [-0.2, -0.15) is 4.98 Å². The summed E-state index contributed by atoms with van der Waals surface area (Å²) >= 11 is 0. The fourth-order valence-electron chi connectivity index (χ4n) is 5.38. The number of carbonyl (C=O) groups excluding carboxylic acids is 2. The van der Waals surface area contributed by atoms with E-state index in [-0.39, 0.29) is 35.6 Å². The highest BCUT2D eigenvalue weighted by Gasteiger charge is 2.47. The molecule has 0 unspecified atom stereocenters. The first kappa shape index (κ1) is 19.8. The van der Waals surface area contributed by atoms with Crippen molar-refractivity contribution >= 4 is 46.1 Å². The van der Waals surface area contributed by atoms with Gasteiger partial charge < -0.3 is 26.1 Å². The number of rotatable bonds is 5. The Balaban J connectivity index is 1.32. The van der Waals surface area contributed by atoms with Crippen LogP contribution in [0, 0.1) is 17.8 Å². The number of anilines is 4. The number of nitrogens with two attached hydrogens (primary N) is 1. The average molecular weight is 444 g/mol. The Hall–Kier alpha value is -3.88. The van der Waals surface area contributed by atoms with Crippen LogP contribution in [0.4, 0.5) is 23.1 Å². The summed E-state index contributed by atoms with van der Waals surface area (Å²) in [5, 5.41) is 9.59. The lowest BCUT2D eigenvalue weighted by Crippen LogP contribution is -2.41. The number of fused-ring (bicyclic) bond motifs is 4. The second kappa shape index (κ2) is 6.81. The summed E-state index contributed by atoms with van der Waals surface area (Å²) in [6.45, 7) is 3.80. The van der Waals surface area contributed by atoms with Crippen molar-refractivity contribution in [2.24, 2.45) is 23.5 Å². The van der Waals surface area contributed by atoms with Crippen LogP contribution in [0.25, 0.3) is 11.1 Å². The van der Waals surface area contributed by atoms with Crippen molar-refractivity contribution in [1.82, 2.24) is 9.97 Å². The van der Waals surface area contributed by atoms with E-state index in [0.29, 0.717) is 22.9 Å². The molecule has 2 aliphatic carbocycles. The van der Waals surface area contributed by atoms with Gasteiger partial charge in [-0.1, -0.05) is 18.2 Å². The predicted octanol–water partition coefficient (Wildman–Crippen LogP) is 3.28. The van der Waals surface area contributed by atoms with Crippen molar-refractivity contribution in [2.75, 3.05) is 16.0 Å². The lowest BCUT2D eigenvalue weighted by molar-refractivity contribution is -0.122. The summed E-state index contributed by atoms with van der Waals surface area (Å²) in [7, 11) is 0. The van der Waals surface area contributed by atoms with Crippen LogP contribution in [-0.4, -0.2) is 27.8 Å². The Kier molecular flexibility index (Phi) is 4.08. The largest absolute Gasteiger partial charge is 0.459 e. The maximum absolute atomic E-state index is 12.3. The highest BCUT2D eigenvalue weighted by atomic mass is 16.3. The Morgan fingerprint density at radius 1 is 1.21 bits per heavy atom. The number of nitrogens with zero attached hydrogens (tertiary/aromatic N) is 2. The van der Waals surface area contributed by atoms with Crippen molar-refractivity contribution in [1.29, 1.82) is 0 Å². The van der Waals surface area contributed by atoms with Crippen LogP contribution in [0.2, 0.25) is 0 Å². The fourth-order valence-corrected chi connectivity index (χ4v) is 5.38. The van der Waals surface area contributed by atoms with Crippen LogP contribution in [0.3, 0.4) is 0 Å². The third-order valence-electron chi connectivity index (χ3n) is 7.16. The maximum Gasteiger partial charge on any atom is 0.234 e. The van der Waals surface area contributed by atoms with Crippen molar-refractivity contribution in [3.05, 3.63) is 48.2 Å². The number of allylic oxidation sites excluding steroid dienone is 1. The van der Waals surface area contributed by atoms with Gasteiger partial charge in [0.05, 0.1) is 17.6 Å². The van der Waals surface area contributed by atoms with Gasteiger partial charge in [0, 0.05) is 23.5 Å². The summed E-state index contributed by atoms with van der Waals surface area (Å²) in [6, 6.07) is 7.34. The molecule has 9 heteroatoms. The van der Waals surface area contributed by atoms with Crippen LogP contribution in [-0.2, 0) is 15.0 Å². The van der Waals surface area contributed by atoms with Gasteiger partial charge >= 0.3 is 0 Å². The molecule has 5 N–H and O–H groups in total. The summed E-state index contributed by atoms with van der Waals surface area (Å²) in [4.78, 5) is 33.6. The molecule has 6 rings (SSSR count). The van der Waals surface area contributed by atoms with Gasteiger partial charge in [0.15, 0.2) is 11.4 Å². The molecule has 1 aliphatic heterocycles. The smallest absolute Gasteiger partial charge is 0.234 e. The quantitative estimate of drug-likeness (QED) is 0.444. The number of hydrogen-bond acceptors (Lipinski definition) is 7. The first-order chi connectivity index (χ1) is 15.8. The molecule has 3 aromatic rings. The normalized spacial score (nSPS) is 26.4. The predicted molar refractivity (Wildman–Crippen MR) is 124 cm³/mol. The first-order valence-electron chi connectivity index (χ1n) is 11.0. The summed E-state index contributed by atoms with van der Waals surface area (Å²) < 4.78 is 5.64. The van der Waals surface area contributed by atoms with E-state index in [1.807, 2.05) is 32.0 Å². The molecule has 0 radical (unpaired) electrons. The maximum atomic E-state index is 12.3. The molecule has 1 saturated carbocycles. The molecular formula is C24H24N6O3. The molecule has 3 heterocycles. The molecule has 4 atom stereocenters. The van der Waals surface area contributed by atoms with E-state index in [2.05, 4.69) is 38.1 Å². The van der Waals surface area contributed by atoms with E-state index in [1.165, 1.54) is 0 Å². The number of carbonyl (C=O) groups is 2. The zero-order valence-electron chi connectivity index (χ0n) is 18.3. The highest BCUT2D eigenvalue weighted by molar-refractivity contribution is 6.06. The van der Waals surface area contributed by atoms with Crippen molar-refractivity contribution in [2.45, 2.75) is 31.7 Å². The minimum absolute atomic E-state index is 0.0267. The molecule has 2 aromatic heterocycles. The van der Waals surface area contributed by atoms with Crippen LogP contribution in [0.1, 0.15) is 25.8 Å². The third kappa shape index (κ3) is 2.99. The molecule has 1 aromatic carbocycles. The van der Waals surface area contributed by atoms with E-state index in [4.69, 9.17) is 10.2 Å². The monoisotopic (exact) mass is 444 g/mol. The molecule has 2 bridgehead atoms. The number of hydrogen-bond donors (Lipinski definition) is 4. The van der Waals surface area contributed by atoms with E-state index in [0.717, 1.165) is 23.4 Å². The van der Waals surface area contributed by atoms with Gasteiger partial charge in [0.2, 0.25) is 17.8 Å². The lowest BCUT2D eigenvalue weighted by atomic mass is 9.86. The number of amides is 2. The highest BCUT2D eigenvalue weighted by Crippen LogP contribution is 2.45. The van der Waals surface area contributed by atoms with Crippen LogP contribution in [0.15, 0.2) is 47.1 Å². The van der Waals surface area contributed by atoms with Crippen molar-refractivity contribution in [3.63, 3.8) is 0 Å². The summed E-state index contributed by atoms with van der Waals surface area (Å²) in [6.07, 6.45) is 6.69. The third-order valence-corrected chi connectivity index (χ3v) is 7.16. The number of furan rings is 1. The molecule has 0 spiro atoms. The van der Waals surface area contributed by atoms with E-state index < -0.39 is 5.41 Å². The lowest BCUT2D eigenvalue weighted by Gasteiger charge is -2.27. The van der Waals surface area contributed by atoms with E-state index in [1.54, 1.807) is 12.3 Å². The average Bonchev–Trinajstić information content (AvgIpc) is 3.52. The molecule has 2 amide bonds. The van der Waals surface area contributed by atoms with Crippen molar-refractivity contribution < 1.29 is 14.0 Å². The van der Waals surface area contributed by atoms with Gasteiger partial charge in [-0.15, -0.1) is 0 Å². The number of primary amides is 1. The number of benzene rings is 1. The zero-order chi connectivity index (χ0) is 22.9. The van der Waals surface area contributed by atoms with Gasteiger partial charge in [0.1, 0.15) is 5.52 Å². The molecule has 9 nitrogen and oxygen atoms in total. The van der Waals surface area contributed by atoms with Gasteiger partial charge in [0.25, 0.3) is 0 Å². The SMILES string of the molecule is CC1(C)C(=O)Nc2cc(Nc3nc(N[C@@H]4[C@H](C(N)=O)[C@H]5C=C[C@@H]4C5)c4occc4n3)ccc21. The first-order valence-corrected chi connectivity index (χ1v) is 11.0. The Bertz CT molecular complexity index is 1340. The van der Waals surface area contributed by atoms with Crippen LogP contribution < -0.4 is 21.7 Å². The van der Waals surface area contributed by atoms with Crippen LogP contribution >= 0.6 is 0 Å². The van der Waals surface area contributed by atoms with E-state index >= 15 is 0 Å². The van der Waals surface area contributed by atoms with E-state index in [9.17, 15) is 9.59 Å². The standard InChI is InChI=1S/C24H24N6O3/c1-24(2)14-6-5-13(10-16(14)27-22(24)32)26-23-28-15-7-8-33-19(15)21(30-23)29-18-12-4-3-11(9-12)17(18)20(25)31/h3-8,10-12,17-18H,9H2,1-2H3,(H2,25,31)(H,27,32)(H2,26,28,29,30)/t11-,12+,17+,18-/m0/s1. The second-order valence-electron chi connectivity index (χ2n) is 9.54. The zero-order valence-corrected chi connectivity index (χ0v) is 18.3. The number of aromatic nitrogens is 2. The Morgan fingerprint density at radius 3 is 2.85 bits per heavy atom. The van der Waals surface area contributed by atoms with Crippen molar-refractivity contribution in [3.8, 4) is 0 Å². The Morgan fingerprint density at radius 2 is 2.03 bits per heavy atom. The minimum Gasteiger partial charge on any atom is -0.459 e. The molecule has 0 saturated heterocycles.